The van der Waals surface area contributed by atoms with Crippen LogP contribution in [0.5, 0.6) is 5.75 Å². The summed E-state index contributed by atoms with van der Waals surface area (Å²) in [7, 11) is 0. The molecule has 3 rings (SSSR count). The molecule has 7 heteroatoms. The Labute approximate surface area is 205 Å². The van der Waals surface area contributed by atoms with Crippen LogP contribution in [0.15, 0.2) is 81.2 Å². The highest BCUT2D eigenvalue weighted by Gasteiger charge is 2.13. The molecule has 1 amide bonds. The third kappa shape index (κ3) is 5.94. The first kappa shape index (κ1) is 22.5. The van der Waals surface area contributed by atoms with Crippen LogP contribution in [-0.4, -0.2) is 5.91 Å². The van der Waals surface area contributed by atoms with Crippen LogP contribution in [0.4, 0.5) is 5.69 Å². The molecule has 0 bridgehead atoms. The summed E-state index contributed by atoms with van der Waals surface area (Å²) in [5, 5.41) is 12.3. The van der Waals surface area contributed by atoms with Crippen LogP contribution in [0, 0.1) is 14.9 Å². The molecule has 0 spiro atoms. The number of halogens is 3. The summed E-state index contributed by atoms with van der Waals surface area (Å²) in [6.45, 7) is 0.425. The standard InChI is InChI=1S/C23H15Br2IN2O2/c24-18-11-16(12-19(25)22(18)30-14-15-6-2-1-3-7-15)10-17(13-27)23(29)28-21-9-5-4-8-20(21)26/h1-12H,14H2,(H,28,29)/b17-10-. The molecule has 0 heterocycles. The fourth-order valence-corrected chi connectivity index (χ4v) is 4.57. The minimum atomic E-state index is -0.460. The third-order valence-electron chi connectivity index (χ3n) is 4.04. The number of nitriles is 1. The van der Waals surface area contributed by atoms with Crippen LogP contribution in [0.1, 0.15) is 11.1 Å². The van der Waals surface area contributed by atoms with Crippen molar-refractivity contribution in [3.8, 4) is 11.8 Å². The highest BCUT2D eigenvalue weighted by Crippen LogP contribution is 2.36. The average Bonchev–Trinajstić information content (AvgIpc) is 2.73. The predicted octanol–water partition coefficient (Wildman–Crippen LogP) is 6.94. The Bertz CT molecular complexity index is 1120. The van der Waals surface area contributed by atoms with Gasteiger partial charge < -0.3 is 10.1 Å². The van der Waals surface area contributed by atoms with Crippen LogP contribution in [0.25, 0.3) is 6.08 Å². The SMILES string of the molecule is N#C/C(=C/c1cc(Br)c(OCc2ccccc2)c(Br)c1)C(=O)Nc1ccccc1I. The Kier molecular flexibility index (Phi) is 8.08. The molecular weight excluding hydrogens is 623 g/mol. The number of carbonyl (C=O) groups is 1. The van der Waals surface area contributed by atoms with Gasteiger partial charge in [0.1, 0.15) is 24.0 Å². The zero-order valence-electron chi connectivity index (χ0n) is 15.5. The van der Waals surface area contributed by atoms with Gasteiger partial charge in [0.2, 0.25) is 0 Å². The molecule has 0 radical (unpaired) electrons. The average molecular weight is 638 g/mol. The predicted molar refractivity (Wildman–Crippen MR) is 134 cm³/mol. The van der Waals surface area contributed by atoms with Gasteiger partial charge in [0.15, 0.2) is 0 Å². The Balaban J connectivity index is 1.79. The number of rotatable bonds is 6. The van der Waals surface area contributed by atoms with E-state index in [1.807, 2.05) is 66.7 Å². The summed E-state index contributed by atoms with van der Waals surface area (Å²) in [6.07, 6.45) is 1.54. The number of benzene rings is 3. The van der Waals surface area contributed by atoms with Gasteiger partial charge in [0, 0.05) is 3.57 Å². The molecule has 1 N–H and O–H groups in total. The van der Waals surface area contributed by atoms with E-state index in [0.29, 0.717) is 23.6 Å². The maximum absolute atomic E-state index is 12.5. The maximum atomic E-state index is 12.5. The number of anilines is 1. The van der Waals surface area contributed by atoms with E-state index in [0.717, 1.165) is 18.1 Å². The molecule has 4 nitrogen and oxygen atoms in total. The molecule has 0 atom stereocenters. The maximum Gasteiger partial charge on any atom is 0.266 e. The molecule has 0 saturated carbocycles. The van der Waals surface area contributed by atoms with Crippen molar-refractivity contribution in [1.29, 1.82) is 5.26 Å². The second-order valence-electron chi connectivity index (χ2n) is 6.19. The van der Waals surface area contributed by atoms with Crippen molar-refractivity contribution in [2.24, 2.45) is 0 Å². The quantitative estimate of drug-likeness (QED) is 0.181. The zero-order chi connectivity index (χ0) is 21.5. The van der Waals surface area contributed by atoms with Crippen LogP contribution in [-0.2, 0) is 11.4 Å². The smallest absolute Gasteiger partial charge is 0.266 e. The van der Waals surface area contributed by atoms with Gasteiger partial charge in [-0.2, -0.15) is 5.26 Å². The van der Waals surface area contributed by atoms with E-state index >= 15 is 0 Å². The number of para-hydroxylation sites is 1. The van der Waals surface area contributed by atoms with Crippen LogP contribution in [0.2, 0.25) is 0 Å². The summed E-state index contributed by atoms with van der Waals surface area (Å²) < 4.78 is 8.25. The number of nitrogens with one attached hydrogen (secondary N) is 1. The molecular formula is C23H15Br2IN2O2. The van der Waals surface area contributed by atoms with Gasteiger partial charge in [-0.25, -0.2) is 0 Å². The van der Waals surface area contributed by atoms with E-state index < -0.39 is 5.91 Å². The van der Waals surface area contributed by atoms with Gasteiger partial charge in [-0.1, -0.05) is 42.5 Å². The topological polar surface area (TPSA) is 62.1 Å². The zero-order valence-corrected chi connectivity index (χ0v) is 20.9. The lowest BCUT2D eigenvalue weighted by atomic mass is 10.1. The Morgan fingerprint density at radius 1 is 1.07 bits per heavy atom. The first-order chi connectivity index (χ1) is 14.5. The lowest BCUT2D eigenvalue weighted by molar-refractivity contribution is -0.112. The van der Waals surface area contributed by atoms with E-state index in [9.17, 15) is 10.1 Å². The number of amides is 1. The lowest BCUT2D eigenvalue weighted by Gasteiger charge is -2.12. The first-order valence-electron chi connectivity index (χ1n) is 8.81. The largest absolute Gasteiger partial charge is 0.487 e. The van der Waals surface area contributed by atoms with Crippen LogP contribution >= 0.6 is 54.5 Å². The van der Waals surface area contributed by atoms with Crippen molar-refractivity contribution >= 4 is 72.1 Å². The van der Waals surface area contributed by atoms with Crippen molar-refractivity contribution < 1.29 is 9.53 Å². The second-order valence-corrected chi connectivity index (χ2v) is 9.06. The molecule has 150 valence electrons. The Morgan fingerprint density at radius 3 is 2.33 bits per heavy atom. The van der Waals surface area contributed by atoms with Crippen molar-refractivity contribution in [2.45, 2.75) is 6.61 Å². The monoisotopic (exact) mass is 636 g/mol. The van der Waals surface area contributed by atoms with Crippen LogP contribution in [0.3, 0.4) is 0 Å². The summed E-state index contributed by atoms with van der Waals surface area (Å²) in [5.74, 6) is 0.191. The molecule has 0 aromatic heterocycles. The normalized spacial score (nSPS) is 10.9. The number of hydrogen-bond acceptors (Lipinski definition) is 3. The molecule has 0 aliphatic carbocycles. The second kappa shape index (κ2) is 10.8. The van der Waals surface area contributed by atoms with E-state index in [1.54, 1.807) is 12.1 Å². The van der Waals surface area contributed by atoms with Gasteiger partial charge in [0.25, 0.3) is 5.91 Å². The summed E-state index contributed by atoms with van der Waals surface area (Å²) in [4.78, 5) is 12.5. The van der Waals surface area contributed by atoms with Gasteiger partial charge >= 0.3 is 0 Å². The molecule has 0 fully saturated rings. The highest BCUT2D eigenvalue weighted by molar-refractivity contribution is 14.1. The van der Waals surface area contributed by atoms with E-state index in [4.69, 9.17) is 4.74 Å². The van der Waals surface area contributed by atoms with Gasteiger partial charge in [-0.15, -0.1) is 0 Å². The number of hydrogen-bond donors (Lipinski definition) is 1. The number of carbonyl (C=O) groups excluding carboxylic acids is 1. The fourth-order valence-electron chi connectivity index (χ4n) is 2.60. The minimum absolute atomic E-state index is 0.00593. The van der Waals surface area contributed by atoms with E-state index in [1.165, 1.54) is 0 Å². The number of nitrogens with zero attached hydrogens (tertiary/aromatic N) is 1. The van der Waals surface area contributed by atoms with Gasteiger partial charge in [0.05, 0.1) is 14.6 Å². The lowest BCUT2D eigenvalue weighted by Crippen LogP contribution is -2.14. The van der Waals surface area contributed by atoms with Crippen molar-refractivity contribution in [3.63, 3.8) is 0 Å². The van der Waals surface area contributed by atoms with E-state index in [-0.39, 0.29) is 5.57 Å². The molecule has 3 aromatic carbocycles. The first-order valence-corrected chi connectivity index (χ1v) is 11.5. The van der Waals surface area contributed by atoms with E-state index in [2.05, 4.69) is 59.8 Å². The van der Waals surface area contributed by atoms with Crippen LogP contribution < -0.4 is 10.1 Å². The molecule has 0 saturated heterocycles. The number of ether oxygens (including phenoxy) is 1. The van der Waals surface area contributed by atoms with Crippen molar-refractivity contribution in [3.05, 3.63) is 95.9 Å². The molecule has 0 unspecified atom stereocenters. The third-order valence-corrected chi connectivity index (χ3v) is 6.16. The van der Waals surface area contributed by atoms with Crippen molar-refractivity contribution in [1.82, 2.24) is 0 Å². The van der Waals surface area contributed by atoms with Gasteiger partial charge in [-0.3, -0.25) is 4.79 Å². The molecule has 0 aliphatic rings. The Hall–Kier alpha value is -2.15. The Morgan fingerprint density at radius 2 is 1.70 bits per heavy atom. The summed E-state index contributed by atoms with van der Waals surface area (Å²) >= 11 is 9.16. The highest BCUT2D eigenvalue weighted by atomic mass is 127. The molecule has 3 aromatic rings. The fraction of sp³-hybridized carbons (Fsp3) is 0.0435. The summed E-state index contributed by atoms with van der Waals surface area (Å²) in [6, 6.07) is 22.8. The van der Waals surface area contributed by atoms with Gasteiger partial charge in [-0.05, 0) is 95.9 Å². The van der Waals surface area contributed by atoms with Crippen molar-refractivity contribution in [2.75, 3.05) is 5.32 Å². The minimum Gasteiger partial charge on any atom is -0.487 e. The molecule has 0 aliphatic heterocycles. The summed E-state index contributed by atoms with van der Waals surface area (Å²) in [5.41, 5.74) is 2.41. The molecule has 30 heavy (non-hydrogen) atoms.